The van der Waals surface area contributed by atoms with Crippen molar-refractivity contribution in [3.05, 3.63) is 130 Å². The van der Waals surface area contributed by atoms with E-state index in [1.165, 1.54) is 25.7 Å². The number of benzene rings is 2. The molecule has 0 spiro atoms. The smallest absolute Gasteiger partial charge is 1.00 e. The molecular formula is C36H57I6IrKN6S-3. The fraction of sp³-hybridized carbons (Fsp3) is 0.306. The summed E-state index contributed by atoms with van der Waals surface area (Å²) in [6.45, 7) is 2.84. The summed E-state index contributed by atoms with van der Waals surface area (Å²) in [6, 6.07) is 19.3. The first kappa shape index (κ1) is 78.0. The van der Waals surface area contributed by atoms with Gasteiger partial charge in [0.2, 0.25) is 0 Å². The molecule has 2 aromatic rings. The number of halogens is 6. The van der Waals surface area contributed by atoms with E-state index >= 15 is 0 Å². The number of hydrogen-bond acceptors (Lipinski definition) is 7. The van der Waals surface area contributed by atoms with E-state index in [9.17, 15) is 0 Å². The molecule has 0 aromatic heterocycles. The van der Waals surface area contributed by atoms with Crippen molar-refractivity contribution in [2.75, 3.05) is 30.6 Å². The van der Waals surface area contributed by atoms with Crippen LogP contribution in [-0.4, -0.2) is 30.6 Å². The molecule has 1 aliphatic carbocycles. The molecule has 292 valence electrons. The summed E-state index contributed by atoms with van der Waals surface area (Å²) in [6.07, 6.45) is 22.0. The number of allylic oxidation sites excluding steroid dienone is 4. The van der Waals surface area contributed by atoms with Crippen LogP contribution >= 0.6 is 65.6 Å². The predicted molar refractivity (Wildman–Crippen MR) is 239 cm³/mol. The number of nitrogens with zero attached hydrogens (tertiary/aromatic N) is 6. The Morgan fingerprint density at radius 2 is 1.06 bits per heavy atom. The molecule has 0 saturated heterocycles. The molecule has 2 aliphatic heterocycles. The van der Waals surface area contributed by atoms with E-state index < -0.39 is 0 Å². The van der Waals surface area contributed by atoms with E-state index in [2.05, 4.69) is 112 Å². The third kappa shape index (κ3) is 36.7. The Bertz CT molecular complexity index is 1110. The van der Waals surface area contributed by atoms with Gasteiger partial charge in [0, 0.05) is 68.1 Å². The second kappa shape index (κ2) is 52.6. The standard InChI is InChI=1S/C11H11N3.C11H10N3.C8H12.4CH4.2CH3.HI2S.I2.2HI.Ir.K.H/c2*1-13-6-7-14(9-13)11-4-2-10(8-12)3-5-11;1-2-4-6-8-7-5-3-1;;;;;;;1-2-3;1-2;;;;;/h2-7H,9H2,1H3;2-7,9H,1H3;1-2,7-8H,3-6H2;4*1H4;2*1H3;3H;;2*1H;;;/q;-1;;;;;;3*-1;;;;+3;+1;-1/p-2/b;;2-1-,8-7?;;;;;;;;;;;;;. The zero-order valence-electron chi connectivity index (χ0n) is 28.1. The molecule has 3 aliphatic rings. The van der Waals surface area contributed by atoms with E-state index in [-0.39, 0.29) is 181 Å². The first-order chi connectivity index (χ1) is 20.0. The van der Waals surface area contributed by atoms with Crippen molar-refractivity contribution in [3.63, 3.8) is 0 Å². The van der Waals surface area contributed by atoms with Gasteiger partial charge in [0.05, 0.1) is 29.9 Å². The molecule has 0 unspecified atom stereocenters. The van der Waals surface area contributed by atoms with E-state index in [4.69, 9.17) is 10.5 Å². The van der Waals surface area contributed by atoms with Crippen LogP contribution in [0.15, 0.2) is 97.6 Å². The Morgan fingerprint density at radius 1 is 0.706 bits per heavy atom. The molecule has 6 nitrogen and oxygen atoms in total. The average molecular weight is 1600 g/mol. The van der Waals surface area contributed by atoms with Gasteiger partial charge in [-0.05, 0) is 93.7 Å². The molecule has 0 fully saturated rings. The zero-order chi connectivity index (χ0) is 30.3. The second-order valence-corrected chi connectivity index (χ2v) is 17.2. The Morgan fingerprint density at radius 3 is 1.33 bits per heavy atom. The Hall–Kier alpha value is 2.60. The molecule has 51 heavy (non-hydrogen) atoms. The molecule has 0 amide bonds. The molecular weight excluding hydrogens is 1540 g/mol. The third-order valence-electron chi connectivity index (χ3n) is 5.60. The van der Waals surface area contributed by atoms with Crippen LogP contribution in [-0.2, 0) is 20.1 Å². The number of hydrogen-bond donors (Lipinski definition) is 1. The summed E-state index contributed by atoms with van der Waals surface area (Å²) >= 11 is 6.76. The van der Waals surface area contributed by atoms with Crippen LogP contribution in [0.5, 0.6) is 0 Å². The fourth-order valence-electron chi connectivity index (χ4n) is 3.59. The first-order valence-electron chi connectivity index (χ1n) is 12.5. The van der Waals surface area contributed by atoms with Crippen LogP contribution in [0.1, 0.15) is 67.9 Å². The molecule has 0 N–H and O–H groups in total. The summed E-state index contributed by atoms with van der Waals surface area (Å²) < 4.78 is 0. The van der Waals surface area contributed by atoms with Crippen molar-refractivity contribution < 1.29 is 137 Å². The van der Waals surface area contributed by atoms with E-state index in [1.807, 2.05) is 104 Å². The Balaban J connectivity index is -0.0000000470. The first-order valence-corrected chi connectivity index (χ1v) is 28.3. The quantitative estimate of drug-likeness (QED) is 0.159. The number of rotatable bonds is 2. The predicted octanol–water partition coefficient (Wildman–Crippen LogP) is 0.921. The van der Waals surface area contributed by atoms with Crippen molar-refractivity contribution in [2.24, 2.45) is 0 Å². The van der Waals surface area contributed by atoms with Crippen LogP contribution in [0.4, 0.5) is 11.4 Å². The van der Waals surface area contributed by atoms with Gasteiger partial charge in [0.1, 0.15) is 0 Å². The number of anilines is 2. The van der Waals surface area contributed by atoms with Gasteiger partial charge in [-0.2, -0.15) is 17.2 Å². The number of nitriles is 2. The summed E-state index contributed by atoms with van der Waals surface area (Å²) in [5.74, 6) is 0. The van der Waals surface area contributed by atoms with Crippen LogP contribution in [0.3, 0.4) is 0 Å². The van der Waals surface area contributed by atoms with Gasteiger partial charge in [0.15, 0.2) is 0 Å². The number of thiol groups is 1. The molecule has 0 radical (unpaired) electrons. The van der Waals surface area contributed by atoms with Crippen LogP contribution in [0.2, 0.25) is 0 Å². The van der Waals surface area contributed by atoms with Crippen molar-refractivity contribution in [2.45, 2.75) is 55.4 Å². The SMILES string of the molecule is C.C.C.C.C1=CCC/C=C\CC1.CN1C=CN(c2ccc(C#N)cc2)C1.CN1C=CN(c2ccc(C#N)cc2)[CH-]1.II.S[I-]I.[CH3-].[CH3-].[H-].[I-].[I-].[Ir+3].[K+]. The van der Waals surface area contributed by atoms with Crippen molar-refractivity contribution >= 4 is 77.0 Å². The monoisotopic (exact) mass is 1600 g/mol. The van der Waals surface area contributed by atoms with E-state index in [0.29, 0.717) is 11.1 Å². The molecule has 0 atom stereocenters. The van der Waals surface area contributed by atoms with Crippen molar-refractivity contribution in [1.82, 2.24) is 9.80 Å². The minimum absolute atomic E-state index is 0. The van der Waals surface area contributed by atoms with Gasteiger partial charge in [0.25, 0.3) is 0 Å². The van der Waals surface area contributed by atoms with Gasteiger partial charge >= 0.3 is 116 Å². The van der Waals surface area contributed by atoms with E-state index in [1.54, 1.807) is 0 Å². The summed E-state index contributed by atoms with van der Waals surface area (Å²) in [7, 11) is 7.89. The molecule has 2 aromatic carbocycles. The maximum Gasteiger partial charge on any atom is 3.00 e. The normalized spacial score (nSPS) is 12.3. The third-order valence-corrected chi connectivity index (χ3v) is 5.60. The topological polar surface area (TPSA) is 60.5 Å². The molecule has 0 saturated carbocycles. The molecule has 2 heterocycles. The van der Waals surface area contributed by atoms with E-state index in [0.717, 1.165) is 18.0 Å². The second-order valence-electron chi connectivity index (χ2n) is 8.63. The van der Waals surface area contributed by atoms with Crippen LogP contribution < -0.4 is 125 Å². The molecule has 5 rings (SSSR count). The van der Waals surface area contributed by atoms with Crippen molar-refractivity contribution in [1.29, 1.82) is 10.5 Å². The Kier molecular flexibility index (Phi) is 80.4. The maximum absolute atomic E-state index is 8.65. The van der Waals surface area contributed by atoms with Gasteiger partial charge < -0.3 is 83.8 Å². The van der Waals surface area contributed by atoms with Gasteiger partial charge in [-0.3, -0.25) is 0 Å². The van der Waals surface area contributed by atoms with Gasteiger partial charge in [-0.15, -0.1) is 0 Å². The largest absolute Gasteiger partial charge is 3.00 e. The summed E-state index contributed by atoms with van der Waals surface area (Å²) in [4.78, 5) is 8.19. The Labute approximate surface area is 453 Å². The molecule has 0 bridgehead atoms. The zero-order valence-corrected chi connectivity index (χ0v) is 46.4. The summed E-state index contributed by atoms with van der Waals surface area (Å²) in [5.41, 5.74) is 3.56. The van der Waals surface area contributed by atoms with Crippen LogP contribution in [0, 0.1) is 44.2 Å². The van der Waals surface area contributed by atoms with Crippen LogP contribution in [0.25, 0.3) is 0 Å². The van der Waals surface area contributed by atoms with Gasteiger partial charge in [-0.25, -0.2) is 0 Å². The maximum atomic E-state index is 8.65. The van der Waals surface area contributed by atoms with Crippen molar-refractivity contribution in [3.8, 4) is 12.1 Å². The van der Waals surface area contributed by atoms with Gasteiger partial charge in [-0.1, -0.05) is 54.0 Å². The summed E-state index contributed by atoms with van der Waals surface area (Å²) in [5, 5.41) is 17.3. The minimum atomic E-state index is 0. The molecule has 15 heteroatoms. The minimum Gasteiger partial charge on any atom is -1.00 e. The average Bonchev–Trinajstić information content (AvgIpc) is 3.63. The fourth-order valence-corrected chi connectivity index (χ4v) is 3.59.